The monoisotopic (exact) mass is 768 g/mol. The summed E-state index contributed by atoms with van der Waals surface area (Å²) in [6.45, 7) is 0. The van der Waals surface area contributed by atoms with E-state index in [1.807, 2.05) is 30.3 Å². The highest BCUT2D eigenvalue weighted by Gasteiger charge is 2.25. The van der Waals surface area contributed by atoms with Crippen molar-refractivity contribution in [1.82, 2.24) is 4.98 Å². The molecule has 1 aromatic heterocycles. The van der Waals surface area contributed by atoms with Gasteiger partial charge >= 0.3 is 0 Å². The molecular formula is C57H40N2O. The summed E-state index contributed by atoms with van der Waals surface area (Å²) in [5.74, 6) is 0.621. The highest BCUT2D eigenvalue weighted by Crippen LogP contribution is 2.44. The molecule has 11 rings (SSSR count). The van der Waals surface area contributed by atoms with Gasteiger partial charge in [-0.05, 0) is 116 Å². The lowest BCUT2D eigenvalue weighted by molar-refractivity contribution is 0.620. The highest BCUT2D eigenvalue weighted by atomic mass is 16.3. The maximum atomic E-state index is 6.60. The van der Waals surface area contributed by atoms with Crippen LogP contribution < -0.4 is 4.90 Å². The number of rotatable bonds is 8. The maximum absolute atomic E-state index is 6.60. The molecule has 0 amide bonds. The molecule has 1 unspecified atom stereocenters. The standard InChI is InChI=1S/C57H40N2O/c1-5-15-39(16-6-1)41-27-30-47(31-28-41)59(48-32-29-45-35-44(25-26-46(45)36-48)40-17-7-2-8-18-40)49-33-34-50(42-19-9-3-10-20-42)53(37-49)54-38-55-56(52-24-14-13-23-51(52)54)58-57(60-55)43-21-11-4-12-22-43/h1-35,37-38,48H,36H2. The third kappa shape index (κ3) is 6.57. The van der Waals surface area contributed by atoms with Crippen LogP contribution in [0.2, 0.25) is 0 Å². The lowest BCUT2D eigenvalue weighted by Gasteiger charge is -2.35. The Balaban J connectivity index is 1.08. The molecular weight excluding hydrogens is 729 g/mol. The molecule has 0 saturated heterocycles. The van der Waals surface area contributed by atoms with E-state index in [4.69, 9.17) is 9.40 Å². The second-order valence-corrected chi connectivity index (χ2v) is 15.5. The van der Waals surface area contributed by atoms with Gasteiger partial charge in [-0.25, -0.2) is 4.98 Å². The summed E-state index contributed by atoms with van der Waals surface area (Å²) in [7, 11) is 0. The van der Waals surface area contributed by atoms with E-state index < -0.39 is 0 Å². The summed E-state index contributed by atoms with van der Waals surface area (Å²) in [5, 5.41) is 2.20. The van der Waals surface area contributed by atoms with Crippen LogP contribution >= 0.6 is 0 Å². The number of aromatic nitrogens is 1. The van der Waals surface area contributed by atoms with Gasteiger partial charge < -0.3 is 9.32 Å². The Labute approximate surface area is 350 Å². The number of hydrogen-bond donors (Lipinski definition) is 0. The van der Waals surface area contributed by atoms with Crippen molar-refractivity contribution in [3.8, 4) is 56.0 Å². The number of anilines is 2. The molecule has 0 radical (unpaired) electrons. The van der Waals surface area contributed by atoms with Crippen LogP contribution in [0.1, 0.15) is 11.1 Å². The Morgan fingerprint density at radius 1 is 0.433 bits per heavy atom. The van der Waals surface area contributed by atoms with E-state index in [1.54, 1.807) is 0 Å². The summed E-state index contributed by atoms with van der Waals surface area (Å²) in [5.41, 5.74) is 16.9. The van der Waals surface area contributed by atoms with Crippen LogP contribution in [0.3, 0.4) is 0 Å². The molecule has 284 valence electrons. The van der Waals surface area contributed by atoms with E-state index in [2.05, 4.69) is 199 Å². The molecule has 1 aliphatic rings. The van der Waals surface area contributed by atoms with Crippen LogP contribution in [-0.4, -0.2) is 11.0 Å². The van der Waals surface area contributed by atoms with E-state index >= 15 is 0 Å². The molecule has 3 nitrogen and oxygen atoms in total. The average molecular weight is 769 g/mol. The zero-order valence-corrected chi connectivity index (χ0v) is 32.9. The van der Waals surface area contributed by atoms with Crippen LogP contribution in [0.4, 0.5) is 11.4 Å². The molecule has 10 aromatic rings. The first-order valence-electron chi connectivity index (χ1n) is 20.6. The van der Waals surface area contributed by atoms with E-state index in [0.29, 0.717) is 5.89 Å². The number of benzene rings is 9. The van der Waals surface area contributed by atoms with Gasteiger partial charge in [0.25, 0.3) is 0 Å². The Morgan fingerprint density at radius 2 is 1.00 bits per heavy atom. The highest BCUT2D eigenvalue weighted by molar-refractivity contribution is 6.13. The number of hydrogen-bond acceptors (Lipinski definition) is 3. The Bertz CT molecular complexity index is 3150. The zero-order chi connectivity index (χ0) is 39.8. The molecule has 0 aliphatic heterocycles. The minimum absolute atomic E-state index is 0.0694. The van der Waals surface area contributed by atoms with Crippen molar-refractivity contribution in [3.05, 3.63) is 230 Å². The van der Waals surface area contributed by atoms with E-state index in [-0.39, 0.29) is 6.04 Å². The molecule has 0 N–H and O–H groups in total. The number of fused-ring (bicyclic) bond motifs is 4. The summed E-state index contributed by atoms with van der Waals surface area (Å²) >= 11 is 0. The van der Waals surface area contributed by atoms with Crippen molar-refractivity contribution in [3.63, 3.8) is 0 Å². The lowest BCUT2D eigenvalue weighted by atomic mass is 9.88. The van der Waals surface area contributed by atoms with Gasteiger partial charge in [0.15, 0.2) is 5.58 Å². The third-order valence-corrected chi connectivity index (χ3v) is 11.8. The first kappa shape index (κ1) is 35.4. The molecule has 1 atom stereocenters. The minimum atomic E-state index is 0.0694. The fourth-order valence-electron chi connectivity index (χ4n) is 8.87. The normalized spacial score (nSPS) is 13.4. The number of nitrogens with zero attached hydrogens (tertiary/aromatic N) is 2. The smallest absolute Gasteiger partial charge is 0.227 e. The molecule has 3 heteroatoms. The Hall–Kier alpha value is -7.75. The molecule has 1 aliphatic carbocycles. The van der Waals surface area contributed by atoms with Crippen molar-refractivity contribution >= 4 is 39.3 Å². The molecule has 0 bridgehead atoms. The number of oxazole rings is 1. The molecule has 0 spiro atoms. The van der Waals surface area contributed by atoms with Crippen LogP contribution in [0.5, 0.6) is 0 Å². The van der Waals surface area contributed by atoms with Crippen LogP contribution in [0, 0.1) is 0 Å². The van der Waals surface area contributed by atoms with Crippen LogP contribution in [0.15, 0.2) is 223 Å². The summed E-state index contributed by atoms with van der Waals surface area (Å²) < 4.78 is 6.60. The van der Waals surface area contributed by atoms with Gasteiger partial charge in [0.05, 0.1) is 6.04 Å². The predicted octanol–water partition coefficient (Wildman–Crippen LogP) is 15.1. The summed E-state index contributed by atoms with van der Waals surface area (Å²) in [6, 6.07) is 75.9. The van der Waals surface area contributed by atoms with Gasteiger partial charge in [0.2, 0.25) is 5.89 Å². The maximum Gasteiger partial charge on any atom is 0.227 e. The first-order valence-corrected chi connectivity index (χ1v) is 20.6. The van der Waals surface area contributed by atoms with Crippen molar-refractivity contribution < 1.29 is 4.42 Å². The predicted molar refractivity (Wildman–Crippen MR) is 250 cm³/mol. The van der Waals surface area contributed by atoms with E-state index in [9.17, 15) is 0 Å². The fraction of sp³-hybridized carbons (Fsp3) is 0.0351. The van der Waals surface area contributed by atoms with E-state index in [1.165, 1.54) is 33.4 Å². The second kappa shape index (κ2) is 15.2. The molecule has 1 heterocycles. The Morgan fingerprint density at radius 3 is 1.70 bits per heavy atom. The van der Waals surface area contributed by atoms with Crippen molar-refractivity contribution in [2.45, 2.75) is 12.5 Å². The quantitative estimate of drug-likeness (QED) is 0.154. The second-order valence-electron chi connectivity index (χ2n) is 15.5. The molecule has 0 saturated carbocycles. The van der Waals surface area contributed by atoms with Gasteiger partial charge in [0.1, 0.15) is 5.52 Å². The molecule has 9 aromatic carbocycles. The van der Waals surface area contributed by atoms with Crippen molar-refractivity contribution in [2.24, 2.45) is 0 Å². The fourth-order valence-corrected chi connectivity index (χ4v) is 8.87. The van der Waals surface area contributed by atoms with Crippen molar-refractivity contribution in [1.29, 1.82) is 0 Å². The Kier molecular flexibility index (Phi) is 8.98. The lowest BCUT2D eigenvalue weighted by Crippen LogP contribution is -2.33. The first-order chi connectivity index (χ1) is 29.7. The van der Waals surface area contributed by atoms with Gasteiger partial charge in [-0.15, -0.1) is 0 Å². The molecule has 60 heavy (non-hydrogen) atoms. The largest absolute Gasteiger partial charge is 0.436 e. The average Bonchev–Trinajstić information content (AvgIpc) is 3.77. The van der Waals surface area contributed by atoms with Gasteiger partial charge in [-0.2, -0.15) is 0 Å². The minimum Gasteiger partial charge on any atom is -0.436 e. The third-order valence-electron chi connectivity index (χ3n) is 11.8. The van der Waals surface area contributed by atoms with Crippen LogP contribution in [0.25, 0.3) is 83.9 Å². The van der Waals surface area contributed by atoms with Crippen LogP contribution in [-0.2, 0) is 6.42 Å². The van der Waals surface area contributed by atoms with Gasteiger partial charge in [-0.3, -0.25) is 0 Å². The SMILES string of the molecule is C1=CC(N(c2ccc(-c3ccccc3)cc2)c2ccc(-c3ccccc3)c(-c3cc4oc(-c5ccccc5)nc4c4ccccc34)c2)Cc2ccc(-c3ccccc3)cc21. The topological polar surface area (TPSA) is 29.3 Å². The van der Waals surface area contributed by atoms with Crippen molar-refractivity contribution in [2.75, 3.05) is 4.90 Å². The van der Waals surface area contributed by atoms with Gasteiger partial charge in [-0.1, -0.05) is 176 Å². The summed E-state index contributed by atoms with van der Waals surface area (Å²) in [4.78, 5) is 7.57. The van der Waals surface area contributed by atoms with E-state index in [0.717, 1.165) is 67.5 Å². The molecule has 0 fully saturated rings. The van der Waals surface area contributed by atoms with Gasteiger partial charge in [0, 0.05) is 22.3 Å². The summed E-state index contributed by atoms with van der Waals surface area (Å²) in [6.07, 6.45) is 5.57. The zero-order valence-electron chi connectivity index (χ0n) is 32.9.